The Labute approximate surface area is 177 Å². The van der Waals surface area contributed by atoms with Gasteiger partial charge in [-0.05, 0) is 43.5 Å². The summed E-state index contributed by atoms with van der Waals surface area (Å²) in [5, 5.41) is 28.2. The molecule has 10 heteroatoms. The molecule has 1 fully saturated rings. The second-order valence-electron chi connectivity index (χ2n) is 7.98. The van der Waals surface area contributed by atoms with Crippen LogP contribution < -0.4 is 10.2 Å². The molecule has 9 nitrogen and oxygen atoms in total. The molecule has 0 aliphatic heterocycles. The lowest BCUT2D eigenvalue weighted by Crippen LogP contribution is -2.32. The summed E-state index contributed by atoms with van der Waals surface area (Å²) < 4.78 is 14.1. The molecule has 1 unspecified atom stereocenters. The number of anilines is 3. The van der Waals surface area contributed by atoms with Crippen molar-refractivity contribution < 1.29 is 9.50 Å². The molecule has 1 aliphatic carbocycles. The van der Waals surface area contributed by atoms with E-state index in [4.69, 9.17) is 0 Å². The van der Waals surface area contributed by atoms with Gasteiger partial charge in [0.1, 0.15) is 11.6 Å². The first kappa shape index (κ1) is 19.4. The zero-order valence-electron chi connectivity index (χ0n) is 17.0. The number of aliphatic hydroxyl groups is 1. The maximum atomic E-state index is 14.1. The summed E-state index contributed by atoms with van der Waals surface area (Å²) in [5.41, 5.74) is 2.48. The Morgan fingerprint density at radius 1 is 1.26 bits per heavy atom. The van der Waals surface area contributed by atoms with E-state index in [1.807, 2.05) is 11.0 Å². The van der Waals surface area contributed by atoms with E-state index < -0.39 is 6.10 Å². The van der Waals surface area contributed by atoms with E-state index in [9.17, 15) is 9.50 Å². The molecule has 5 rings (SSSR count). The van der Waals surface area contributed by atoms with Crippen LogP contribution in [0.2, 0.25) is 0 Å². The molecule has 1 aromatic carbocycles. The van der Waals surface area contributed by atoms with Crippen LogP contribution in [0.5, 0.6) is 0 Å². The number of aromatic amines is 2. The van der Waals surface area contributed by atoms with Gasteiger partial charge >= 0.3 is 0 Å². The van der Waals surface area contributed by atoms with Gasteiger partial charge in [0.25, 0.3) is 0 Å². The highest BCUT2D eigenvalue weighted by Gasteiger charge is 2.25. The molecule has 1 aliphatic rings. The SMILES string of the molecule is CC(O)CN(Cc1cc(F)cc2[nH]ncc12)c1nccc(Nc2cc(C3CC3)[nH]n2)n1. The molecule has 0 bridgehead atoms. The van der Waals surface area contributed by atoms with Gasteiger partial charge in [0, 0.05) is 42.4 Å². The van der Waals surface area contributed by atoms with Crippen molar-refractivity contribution >= 4 is 28.5 Å². The standard InChI is InChI=1S/C21H23FN8O/c1-12(31)10-30(11-14-6-15(22)7-18-16(14)9-24-27-18)21-23-5-4-19(26-21)25-20-8-17(28-29-20)13-2-3-13/h4-9,12-13,31H,2-3,10-11H2,1H3,(H,24,27)(H2,23,25,26,28,29). The second-order valence-corrected chi connectivity index (χ2v) is 7.98. The zero-order valence-corrected chi connectivity index (χ0v) is 17.0. The fourth-order valence-corrected chi connectivity index (χ4v) is 3.66. The number of aromatic nitrogens is 6. The van der Waals surface area contributed by atoms with Crippen LogP contribution in [0.3, 0.4) is 0 Å². The minimum absolute atomic E-state index is 0.285. The number of hydrogen-bond donors (Lipinski definition) is 4. The highest BCUT2D eigenvalue weighted by atomic mass is 19.1. The number of nitrogens with zero attached hydrogens (tertiary/aromatic N) is 5. The molecule has 0 saturated heterocycles. The Hall–Kier alpha value is -3.53. The fourth-order valence-electron chi connectivity index (χ4n) is 3.66. The molecule has 160 valence electrons. The van der Waals surface area contributed by atoms with Gasteiger partial charge in [-0.3, -0.25) is 10.2 Å². The number of rotatable bonds is 8. The van der Waals surface area contributed by atoms with Gasteiger partial charge in [-0.15, -0.1) is 0 Å². The lowest BCUT2D eigenvalue weighted by atomic mass is 10.1. The van der Waals surface area contributed by atoms with Crippen molar-refractivity contribution in [1.82, 2.24) is 30.4 Å². The number of halogens is 1. The largest absolute Gasteiger partial charge is 0.392 e. The summed E-state index contributed by atoms with van der Waals surface area (Å²) in [6, 6.07) is 6.63. The summed E-state index contributed by atoms with van der Waals surface area (Å²) in [4.78, 5) is 10.8. The molecule has 1 atom stereocenters. The third-order valence-corrected chi connectivity index (χ3v) is 5.25. The molecule has 3 heterocycles. The van der Waals surface area contributed by atoms with Crippen LogP contribution in [0.1, 0.15) is 36.9 Å². The first-order chi connectivity index (χ1) is 15.0. The first-order valence-corrected chi connectivity index (χ1v) is 10.2. The number of nitrogens with one attached hydrogen (secondary N) is 3. The highest BCUT2D eigenvalue weighted by Crippen LogP contribution is 2.39. The van der Waals surface area contributed by atoms with Crippen molar-refractivity contribution in [1.29, 1.82) is 0 Å². The number of H-pyrrole nitrogens is 2. The Morgan fingerprint density at radius 3 is 2.94 bits per heavy atom. The topological polar surface area (TPSA) is 119 Å². The van der Waals surface area contributed by atoms with Crippen LogP contribution in [0, 0.1) is 5.82 Å². The van der Waals surface area contributed by atoms with Crippen molar-refractivity contribution in [2.75, 3.05) is 16.8 Å². The molecule has 4 N–H and O–H groups in total. The van der Waals surface area contributed by atoms with Crippen molar-refractivity contribution in [3.05, 3.63) is 53.7 Å². The van der Waals surface area contributed by atoms with Crippen LogP contribution in [-0.4, -0.2) is 48.1 Å². The van der Waals surface area contributed by atoms with E-state index in [1.165, 1.54) is 25.0 Å². The van der Waals surface area contributed by atoms with E-state index >= 15 is 0 Å². The Morgan fingerprint density at radius 2 is 2.13 bits per heavy atom. The molecule has 4 aromatic rings. The summed E-state index contributed by atoms with van der Waals surface area (Å²) in [5.74, 6) is 1.92. The molecular weight excluding hydrogens is 399 g/mol. The first-order valence-electron chi connectivity index (χ1n) is 10.2. The van der Waals surface area contributed by atoms with E-state index in [0.29, 0.717) is 35.6 Å². The summed E-state index contributed by atoms with van der Waals surface area (Å²) in [6.45, 7) is 2.29. The average Bonchev–Trinajstić information content (AvgIpc) is 3.29. The third kappa shape index (κ3) is 4.33. The highest BCUT2D eigenvalue weighted by molar-refractivity contribution is 5.82. The quantitative estimate of drug-likeness (QED) is 0.344. The van der Waals surface area contributed by atoms with Crippen molar-refractivity contribution in [2.24, 2.45) is 0 Å². The van der Waals surface area contributed by atoms with E-state index in [0.717, 1.165) is 16.6 Å². The number of aliphatic hydroxyl groups excluding tert-OH is 1. The van der Waals surface area contributed by atoms with Crippen LogP contribution in [0.15, 0.2) is 36.7 Å². The number of hydrogen-bond acceptors (Lipinski definition) is 7. The van der Waals surface area contributed by atoms with Crippen LogP contribution in [-0.2, 0) is 6.54 Å². The molecule has 1 saturated carbocycles. The minimum atomic E-state index is -0.624. The lowest BCUT2D eigenvalue weighted by molar-refractivity contribution is 0.199. The minimum Gasteiger partial charge on any atom is -0.392 e. The van der Waals surface area contributed by atoms with Gasteiger partial charge in [0.05, 0.1) is 17.8 Å². The molecule has 0 spiro atoms. The van der Waals surface area contributed by atoms with Gasteiger partial charge in [-0.25, -0.2) is 9.37 Å². The van der Waals surface area contributed by atoms with Crippen molar-refractivity contribution in [2.45, 2.75) is 38.3 Å². The zero-order chi connectivity index (χ0) is 21.4. The van der Waals surface area contributed by atoms with Gasteiger partial charge in [0.2, 0.25) is 5.95 Å². The lowest BCUT2D eigenvalue weighted by Gasteiger charge is -2.24. The van der Waals surface area contributed by atoms with Gasteiger partial charge in [0.15, 0.2) is 5.82 Å². The van der Waals surface area contributed by atoms with Gasteiger partial charge in [-0.2, -0.15) is 15.2 Å². The van der Waals surface area contributed by atoms with Gasteiger partial charge in [-0.1, -0.05) is 0 Å². The van der Waals surface area contributed by atoms with E-state index in [1.54, 1.807) is 25.4 Å². The molecule has 0 radical (unpaired) electrons. The Balaban J connectivity index is 1.41. The molecule has 31 heavy (non-hydrogen) atoms. The van der Waals surface area contributed by atoms with E-state index in [2.05, 4.69) is 35.7 Å². The molecule has 0 amide bonds. The van der Waals surface area contributed by atoms with Crippen molar-refractivity contribution in [3.8, 4) is 0 Å². The Kier molecular flexibility index (Phi) is 4.99. The normalized spacial score (nSPS) is 14.7. The fraction of sp³-hybridized carbons (Fsp3) is 0.333. The van der Waals surface area contributed by atoms with Crippen molar-refractivity contribution in [3.63, 3.8) is 0 Å². The second kappa shape index (κ2) is 7.95. The predicted molar refractivity (Wildman–Crippen MR) is 115 cm³/mol. The monoisotopic (exact) mass is 422 g/mol. The van der Waals surface area contributed by atoms with Crippen LogP contribution in [0.4, 0.5) is 22.0 Å². The maximum absolute atomic E-state index is 14.1. The van der Waals surface area contributed by atoms with Crippen LogP contribution in [0.25, 0.3) is 10.9 Å². The maximum Gasteiger partial charge on any atom is 0.227 e. The number of benzene rings is 1. The van der Waals surface area contributed by atoms with Gasteiger partial charge < -0.3 is 15.3 Å². The average molecular weight is 422 g/mol. The molecular formula is C21H23FN8O. The molecule has 3 aromatic heterocycles. The summed E-state index contributed by atoms with van der Waals surface area (Å²) in [6.07, 6.45) is 5.07. The number of fused-ring (bicyclic) bond motifs is 1. The Bertz CT molecular complexity index is 1200. The summed E-state index contributed by atoms with van der Waals surface area (Å²) in [7, 11) is 0. The predicted octanol–water partition coefficient (Wildman–Crippen LogP) is 3.22. The third-order valence-electron chi connectivity index (χ3n) is 5.25. The van der Waals surface area contributed by atoms with E-state index in [-0.39, 0.29) is 12.4 Å². The smallest absolute Gasteiger partial charge is 0.227 e. The summed E-state index contributed by atoms with van der Waals surface area (Å²) >= 11 is 0. The van der Waals surface area contributed by atoms with Crippen LogP contribution >= 0.6 is 0 Å².